The predicted molar refractivity (Wildman–Crippen MR) is 112 cm³/mol. The fraction of sp³-hybridized carbons (Fsp3) is 0.667. The Balaban J connectivity index is 1.76. The molecule has 156 valence electrons. The van der Waals surface area contributed by atoms with Gasteiger partial charge in [-0.3, -0.25) is 9.59 Å². The molecule has 0 unspecified atom stereocenters. The van der Waals surface area contributed by atoms with E-state index in [-0.39, 0.29) is 0 Å². The molecule has 0 saturated heterocycles. The van der Waals surface area contributed by atoms with E-state index in [0.717, 1.165) is 64.2 Å². The first-order valence-corrected chi connectivity index (χ1v) is 10.7. The normalized spacial score (nSPS) is 15.4. The van der Waals surface area contributed by atoms with Crippen molar-refractivity contribution in [3.8, 4) is 0 Å². The van der Waals surface area contributed by atoms with Gasteiger partial charge in [-0.25, -0.2) is 0 Å². The molecule has 4 heteroatoms. The van der Waals surface area contributed by atoms with E-state index in [1.165, 1.54) is 16.7 Å². The summed E-state index contributed by atoms with van der Waals surface area (Å²) in [6.45, 7) is 5.70. The van der Waals surface area contributed by atoms with Crippen LogP contribution in [0.2, 0.25) is 0 Å². The van der Waals surface area contributed by atoms with Crippen LogP contribution in [0.4, 0.5) is 0 Å². The zero-order valence-corrected chi connectivity index (χ0v) is 17.7. The van der Waals surface area contributed by atoms with E-state index in [1.54, 1.807) is 13.8 Å². The molecule has 0 atom stereocenters. The van der Waals surface area contributed by atoms with Crippen LogP contribution in [0.3, 0.4) is 0 Å². The first-order valence-electron chi connectivity index (χ1n) is 10.7. The van der Waals surface area contributed by atoms with Gasteiger partial charge in [0.1, 0.15) is 0 Å². The van der Waals surface area contributed by atoms with Gasteiger partial charge in [-0.15, -0.1) is 0 Å². The number of hydrogen-bond donors (Lipinski definition) is 2. The van der Waals surface area contributed by atoms with E-state index in [2.05, 4.69) is 25.1 Å². The van der Waals surface area contributed by atoms with Crippen molar-refractivity contribution in [1.82, 2.24) is 0 Å². The van der Waals surface area contributed by atoms with Crippen LogP contribution in [-0.4, -0.2) is 22.2 Å². The highest BCUT2D eigenvalue weighted by atomic mass is 16.4. The largest absolute Gasteiger partial charge is 0.481 e. The molecule has 4 nitrogen and oxygen atoms in total. The summed E-state index contributed by atoms with van der Waals surface area (Å²) in [5.41, 5.74) is 3.00. The molecule has 0 spiro atoms. The van der Waals surface area contributed by atoms with Gasteiger partial charge in [-0.1, -0.05) is 43.0 Å². The fourth-order valence-electron chi connectivity index (χ4n) is 3.90. The molecular formula is C24H36O4. The first kappa shape index (κ1) is 22.4. The smallest absolute Gasteiger partial charge is 0.309 e. The van der Waals surface area contributed by atoms with Gasteiger partial charge in [-0.2, -0.15) is 0 Å². The van der Waals surface area contributed by atoms with E-state index in [0.29, 0.717) is 6.42 Å². The van der Waals surface area contributed by atoms with Crippen LogP contribution >= 0.6 is 0 Å². The molecule has 1 fully saturated rings. The van der Waals surface area contributed by atoms with Gasteiger partial charge in [0.2, 0.25) is 0 Å². The number of aryl methyl sites for hydroxylation is 3. The minimum Gasteiger partial charge on any atom is -0.481 e. The zero-order valence-electron chi connectivity index (χ0n) is 17.7. The Morgan fingerprint density at radius 3 is 2.21 bits per heavy atom. The molecule has 1 aromatic carbocycles. The lowest BCUT2D eigenvalue weighted by molar-refractivity contribution is -0.147. The molecule has 0 aromatic heterocycles. The third-order valence-corrected chi connectivity index (χ3v) is 6.35. The van der Waals surface area contributed by atoms with Gasteiger partial charge in [0.15, 0.2) is 0 Å². The SMILES string of the molecule is Cc1ccc(CCCCCC2(C(=O)O)CC2)c(CCCCC(C)(C)C(=O)O)c1. The average molecular weight is 389 g/mol. The maximum atomic E-state index is 11.2. The van der Waals surface area contributed by atoms with Gasteiger partial charge >= 0.3 is 11.9 Å². The Morgan fingerprint density at radius 1 is 0.964 bits per heavy atom. The molecule has 0 bridgehead atoms. The van der Waals surface area contributed by atoms with Crippen LogP contribution in [0.1, 0.15) is 88.3 Å². The molecule has 0 heterocycles. The lowest BCUT2D eigenvalue weighted by Gasteiger charge is -2.19. The molecule has 2 N–H and O–H groups in total. The van der Waals surface area contributed by atoms with E-state index in [4.69, 9.17) is 0 Å². The van der Waals surface area contributed by atoms with Gasteiger partial charge in [-0.05, 0) is 83.3 Å². The second kappa shape index (κ2) is 9.58. The van der Waals surface area contributed by atoms with Crippen molar-refractivity contribution >= 4 is 11.9 Å². The van der Waals surface area contributed by atoms with Gasteiger partial charge in [0.25, 0.3) is 0 Å². The Bertz CT molecular complexity index is 686. The highest BCUT2D eigenvalue weighted by molar-refractivity contribution is 5.77. The summed E-state index contributed by atoms with van der Waals surface area (Å²) in [7, 11) is 0. The summed E-state index contributed by atoms with van der Waals surface area (Å²) in [6.07, 6.45) is 10.4. The molecule has 1 aliphatic rings. The Labute approximate surface area is 169 Å². The molecule has 28 heavy (non-hydrogen) atoms. The quantitative estimate of drug-likeness (QED) is 0.420. The number of benzene rings is 1. The molecule has 2 rings (SSSR count). The minimum atomic E-state index is -0.723. The van der Waals surface area contributed by atoms with Crippen LogP contribution < -0.4 is 0 Å². The van der Waals surface area contributed by atoms with Gasteiger partial charge in [0.05, 0.1) is 10.8 Å². The molecule has 0 amide bonds. The maximum Gasteiger partial charge on any atom is 0.309 e. The second-order valence-electron chi connectivity index (χ2n) is 9.31. The lowest BCUT2D eigenvalue weighted by Crippen LogP contribution is -2.23. The summed E-state index contributed by atoms with van der Waals surface area (Å²) < 4.78 is 0. The van der Waals surface area contributed by atoms with Crippen molar-refractivity contribution < 1.29 is 19.8 Å². The van der Waals surface area contributed by atoms with Crippen molar-refractivity contribution in [2.45, 2.75) is 91.4 Å². The summed E-state index contributed by atoms with van der Waals surface area (Å²) in [6, 6.07) is 6.66. The molecule has 0 aliphatic heterocycles. The fourth-order valence-corrected chi connectivity index (χ4v) is 3.90. The van der Waals surface area contributed by atoms with Crippen LogP contribution in [0, 0.1) is 17.8 Å². The number of hydrogen-bond acceptors (Lipinski definition) is 2. The lowest BCUT2D eigenvalue weighted by atomic mass is 9.86. The highest BCUT2D eigenvalue weighted by Crippen LogP contribution is 2.50. The number of aliphatic carboxylic acids is 2. The number of rotatable bonds is 13. The minimum absolute atomic E-state index is 0.390. The van der Waals surface area contributed by atoms with Crippen LogP contribution in [0.5, 0.6) is 0 Å². The first-order chi connectivity index (χ1) is 13.2. The van der Waals surface area contributed by atoms with Crippen molar-refractivity contribution in [3.63, 3.8) is 0 Å². The predicted octanol–water partition coefficient (Wildman–Crippen LogP) is 5.79. The van der Waals surface area contributed by atoms with Crippen molar-refractivity contribution in [1.29, 1.82) is 0 Å². The zero-order chi connectivity index (χ0) is 20.8. The van der Waals surface area contributed by atoms with Crippen LogP contribution in [-0.2, 0) is 22.4 Å². The monoisotopic (exact) mass is 388 g/mol. The Morgan fingerprint density at radius 2 is 1.61 bits per heavy atom. The van der Waals surface area contributed by atoms with Crippen LogP contribution in [0.15, 0.2) is 18.2 Å². The van der Waals surface area contributed by atoms with E-state index >= 15 is 0 Å². The molecular weight excluding hydrogens is 352 g/mol. The third-order valence-electron chi connectivity index (χ3n) is 6.35. The summed E-state index contributed by atoms with van der Waals surface area (Å²) in [5, 5.41) is 18.5. The highest BCUT2D eigenvalue weighted by Gasteiger charge is 2.49. The summed E-state index contributed by atoms with van der Waals surface area (Å²) in [5.74, 6) is -1.33. The topological polar surface area (TPSA) is 74.6 Å². The molecule has 1 aromatic rings. The Hall–Kier alpha value is -1.84. The van der Waals surface area contributed by atoms with Gasteiger partial charge < -0.3 is 10.2 Å². The number of unbranched alkanes of at least 4 members (excludes halogenated alkanes) is 3. The van der Waals surface area contributed by atoms with Crippen molar-refractivity contribution in [2.75, 3.05) is 0 Å². The van der Waals surface area contributed by atoms with Crippen LogP contribution in [0.25, 0.3) is 0 Å². The third kappa shape index (κ3) is 6.35. The number of carboxylic acid groups (broad SMARTS) is 2. The molecule has 1 aliphatic carbocycles. The summed E-state index contributed by atoms with van der Waals surface area (Å²) >= 11 is 0. The maximum absolute atomic E-state index is 11.2. The van der Waals surface area contributed by atoms with Gasteiger partial charge in [0, 0.05) is 0 Å². The standard InChI is InChI=1S/C24H36O4/c1-18-11-12-19(9-5-4-7-14-24(15-16-24)22(27)28)20(17-18)10-6-8-13-23(2,3)21(25)26/h11-12,17H,4-10,13-16H2,1-3H3,(H,25,26)(H,27,28). The molecule has 1 saturated carbocycles. The number of carboxylic acids is 2. The van der Waals surface area contributed by atoms with E-state index < -0.39 is 22.8 Å². The van der Waals surface area contributed by atoms with E-state index in [1.807, 2.05) is 0 Å². The van der Waals surface area contributed by atoms with E-state index in [9.17, 15) is 19.8 Å². The van der Waals surface area contributed by atoms with Crippen molar-refractivity contribution in [3.05, 3.63) is 34.9 Å². The molecule has 0 radical (unpaired) electrons. The average Bonchev–Trinajstić information content (AvgIpc) is 3.41. The van der Waals surface area contributed by atoms with Crippen molar-refractivity contribution in [2.24, 2.45) is 10.8 Å². The Kier molecular flexibility index (Phi) is 7.68. The number of carbonyl (C=O) groups is 2. The second-order valence-corrected chi connectivity index (χ2v) is 9.31. The summed E-state index contributed by atoms with van der Waals surface area (Å²) in [4.78, 5) is 22.5.